The number of methoxy groups -OCH3 is 1. The highest BCUT2D eigenvalue weighted by atomic mass is 32.1. The number of benzene rings is 3. The van der Waals surface area contributed by atoms with E-state index in [4.69, 9.17) is 17.0 Å². The quantitative estimate of drug-likeness (QED) is 0.243. The van der Waals surface area contributed by atoms with Crippen molar-refractivity contribution in [3.8, 4) is 5.75 Å². The summed E-state index contributed by atoms with van der Waals surface area (Å²) in [5.74, 6) is -1.50. The Labute approximate surface area is 218 Å². The minimum atomic E-state index is -0.615. The van der Waals surface area contributed by atoms with Crippen LogP contribution in [0.2, 0.25) is 0 Å². The lowest BCUT2D eigenvalue weighted by Crippen LogP contribution is -2.54. The largest absolute Gasteiger partial charge is 0.496 e. The summed E-state index contributed by atoms with van der Waals surface area (Å²) in [7, 11) is 1.48. The first-order valence-corrected chi connectivity index (χ1v) is 11.8. The average Bonchev–Trinajstić information content (AvgIpc) is 3.12. The molecule has 1 saturated heterocycles. The Hall–Kier alpha value is -4.63. The summed E-state index contributed by atoms with van der Waals surface area (Å²) < 4.78 is 5.45. The molecule has 0 bridgehead atoms. The highest BCUT2D eigenvalue weighted by Crippen LogP contribution is 2.29. The second-order valence-corrected chi connectivity index (χ2v) is 8.99. The Bertz CT molecular complexity index is 1490. The summed E-state index contributed by atoms with van der Waals surface area (Å²) in [5.41, 5.74) is 3.20. The number of aryl methyl sites for hydroxylation is 1. The van der Waals surface area contributed by atoms with Crippen LogP contribution in [0.5, 0.6) is 5.75 Å². The first-order chi connectivity index (χ1) is 17.8. The van der Waals surface area contributed by atoms with Crippen LogP contribution in [0.15, 0.2) is 72.3 Å². The van der Waals surface area contributed by atoms with Crippen LogP contribution >= 0.6 is 12.2 Å². The van der Waals surface area contributed by atoms with Crippen molar-refractivity contribution in [2.75, 3.05) is 12.0 Å². The zero-order valence-electron chi connectivity index (χ0n) is 20.0. The number of hydrogen-bond acceptors (Lipinski definition) is 6. The fourth-order valence-electron chi connectivity index (χ4n) is 4.32. The number of ether oxygens (including phenoxy) is 1. The Morgan fingerprint density at radius 2 is 1.54 bits per heavy atom. The van der Waals surface area contributed by atoms with Crippen LogP contribution in [0, 0.1) is 6.92 Å². The van der Waals surface area contributed by atoms with Crippen molar-refractivity contribution in [2.45, 2.75) is 13.5 Å². The minimum Gasteiger partial charge on any atom is -0.496 e. The van der Waals surface area contributed by atoms with E-state index >= 15 is 0 Å². The molecule has 8 nitrogen and oxygen atoms in total. The fourth-order valence-corrected chi connectivity index (χ4v) is 4.60. The molecule has 2 aliphatic heterocycles. The zero-order chi connectivity index (χ0) is 26.3. The molecule has 184 valence electrons. The number of nitrogens with zero attached hydrogens (tertiary/aromatic N) is 2. The van der Waals surface area contributed by atoms with Crippen LogP contribution in [-0.4, -0.2) is 40.8 Å². The maximum atomic E-state index is 13.3. The van der Waals surface area contributed by atoms with Crippen LogP contribution in [0.4, 0.5) is 5.69 Å². The van der Waals surface area contributed by atoms with Crippen LogP contribution in [0.25, 0.3) is 6.08 Å². The van der Waals surface area contributed by atoms with E-state index in [1.54, 1.807) is 54.6 Å². The Morgan fingerprint density at radius 3 is 2.16 bits per heavy atom. The highest BCUT2D eigenvalue weighted by molar-refractivity contribution is 7.80. The third-order valence-corrected chi connectivity index (χ3v) is 6.50. The summed E-state index contributed by atoms with van der Waals surface area (Å²) in [6, 6.07) is 18.9. The lowest BCUT2D eigenvalue weighted by molar-refractivity contribution is -0.122. The van der Waals surface area contributed by atoms with Gasteiger partial charge in [-0.25, -0.2) is 0 Å². The van der Waals surface area contributed by atoms with Crippen LogP contribution in [0.3, 0.4) is 0 Å². The third-order valence-electron chi connectivity index (χ3n) is 6.22. The lowest BCUT2D eigenvalue weighted by atomic mass is 10.0. The number of nitrogens with one attached hydrogen (secondary N) is 1. The van der Waals surface area contributed by atoms with Gasteiger partial charge in [0, 0.05) is 5.56 Å². The maximum Gasteiger partial charge on any atom is 0.270 e. The molecule has 2 heterocycles. The van der Waals surface area contributed by atoms with E-state index in [-0.39, 0.29) is 17.2 Å². The second kappa shape index (κ2) is 9.44. The topological polar surface area (TPSA) is 96.0 Å². The molecule has 0 radical (unpaired) electrons. The van der Waals surface area contributed by atoms with Gasteiger partial charge in [0.15, 0.2) is 5.11 Å². The molecule has 5 rings (SSSR count). The van der Waals surface area contributed by atoms with E-state index in [0.29, 0.717) is 33.7 Å². The van der Waals surface area contributed by atoms with Gasteiger partial charge in [0.05, 0.1) is 30.5 Å². The molecule has 4 amide bonds. The van der Waals surface area contributed by atoms with Gasteiger partial charge in [-0.3, -0.25) is 34.3 Å². The van der Waals surface area contributed by atoms with Crippen molar-refractivity contribution < 1.29 is 23.9 Å². The van der Waals surface area contributed by atoms with E-state index in [9.17, 15) is 19.2 Å². The SMILES string of the molecule is COc1ccc(/C=C2/C(=O)NC(=S)N(c3ccc(C)cc3)C2=O)cc1CN1C(=O)c2ccccc2C1=O. The van der Waals surface area contributed by atoms with Gasteiger partial charge in [-0.05, 0) is 67.2 Å². The first kappa shape index (κ1) is 24.1. The van der Waals surface area contributed by atoms with Gasteiger partial charge >= 0.3 is 0 Å². The van der Waals surface area contributed by atoms with Crippen LogP contribution in [-0.2, 0) is 16.1 Å². The number of fused-ring (bicyclic) bond motifs is 1. The van der Waals surface area contributed by atoms with E-state index in [0.717, 1.165) is 10.5 Å². The molecule has 3 aromatic rings. The summed E-state index contributed by atoms with van der Waals surface area (Å²) in [4.78, 5) is 54.2. The second-order valence-electron chi connectivity index (χ2n) is 8.61. The maximum absolute atomic E-state index is 13.3. The highest BCUT2D eigenvalue weighted by Gasteiger charge is 2.36. The number of thiocarbonyl (C=S) groups is 1. The molecule has 0 aliphatic carbocycles. The monoisotopic (exact) mass is 511 g/mol. The number of rotatable bonds is 5. The van der Waals surface area contributed by atoms with E-state index < -0.39 is 23.6 Å². The average molecular weight is 512 g/mol. The molecule has 0 aromatic heterocycles. The van der Waals surface area contributed by atoms with Crippen LogP contribution in [0.1, 0.15) is 37.4 Å². The molecule has 0 spiro atoms. The summed E-state index contributed by atoms with van der Waals surface area (Å²) in [6.07, 6.45) is 1.45. The molecule has 37 heavy (non-hydrogen) atoms. The zero-order valence-corrected chi connectivity index (χ0v) is 20.8. The molecule has 9 heteroatoms. The Balaban J connectivity index is 1.47. The molecule has 3 aromatic carbocycles. The molecular formula is C28H21N3O5S. The Kier molecular flexibility index (Phi) is 6.14. The van der Waals surface area contributed by atoms with Crippen molar-refractivity contribution in [3.05, 3.63) is 100 Å². The van der Waals surface area contributed by atoms with E-state index in [1.807, 2.05) is 19.1 Å². The number of imide groups is 1. The lowest BCUT2D eigenvalue weighted by Gasteiger charge is -2.29. The summed E-state index contributed by atoms with van der Waals surface area (Å²) in [6.45, 7) is 1.89. The molecule has 0 atom stereocenters. The van der Waals surface area contributed by atoms with Gasteiger partial charge < -0.3 is 4.74 Å². The molecule has 2 aliphatic rings. The van der Waals surface area contributed by atoms with Gasteiger partial charge in [-0.2, -0.15) is 0 Å². The standard InChI is InChI=1S/C28H21N3O5S/c1-16-7-10-19(11-8-16)31-27(35)22(24(32)29-28(31)37)14-17-9-12-23(36-2)18(13-17)15-30-25(33)20-5-3-4-6-21(20)26(30)34/h3-14H,15H2,1-2H3,(H,29,32,37)/b22-14-. The Morgan fingerprint density at radius 1 is 0.892 bits per heavy atom. The predicted octanol–water partition coefficient (Wildman–Crippen LogP) is 3.63. The van der Waals surface area contributed by atoms with Crippen molar-refractivity contribution in [3.63, 3.8) is 0 Å². The number of hydrogen-bond donors (Lipinski definition) is 1. The molecule has 1 fully saturated rings. The number of carbonyl (C=O) groups is 4. The first-order valence-electron chi connectivity index (χ1n) is 11.4. The van der Waals surface area contributed by atoms with Gasteiger partial charge in [0.1, 0.15) is 11.3 Å². The van der Waals surface area contributed by atoms with Gasteiger partial charge in [-0.15, -0.1) is 0 Å². The van der Waals surface area contributed by atoms with E-state index in [2.05, 4.69) is 5.32 Å². The summed E-state index contributed by atoms with van der Waals surface area (Å²) in [5, 5.41) is 2.57. The molecular weight excluding hydrogens is 490 g/mol. The number of anilines is 1. The molecule has 0 saturated carbocycles. The minimum absolute atomic E-state index is 0.00273. The normalized spacial score (nSPS) is 16.4. The fraction of sp³-hybridized carbons (Fsp3) is 0.107. The van der Waals surface area contributed by atoms with Crippen molar-refractivity contribution >= 4 is 52.7 Å². The predicted molar refractivity (Wildman–Crippen MR) is 141 cm³/mol. The van der Waals surface area contributed by atoms with Crippen LogP contribution < -0.4 is 15.0 Å². The van der Waals surface area contributed by atoms with E-state index in [1.165, 1.54) is 18.1 Å². The molecule has 1 N–H and O–H groups in total. The number of amides is 4. The van der Waals surface area contributed by atoms with Gasteiger partial charge in [0.2, 0.25) is 0 Å². The molecule has 0 unspecified atom stereocenters. The summed E-state index contributed by atoms with van der Waals surface area (Å²) >= 11 is 5.26. The number of carbonyl (C=O) groups excluding carboxylic acids is 4. The smallest absolute Gasteiger partial charge is 0.270 e. The van der Waals surface area contributed by atoms with Gasteiger partial charge in [0.25, 0.3) is 23.6 Å². The van der Waals surface area contributed by atoms with Crippen molar-refractivity contribution in [1.29, 1.82) is 0 Å². The van der Waals surface area contributed by atoms with Gasteiger partial charge in [-0.1, -0.05) is 35.9 Å². The van der Waals surface area contributed by atoms with Crippen molar-refractivity contribution in [2.24, 2.45) is 0 Å². The third kappa shape index (κ3) is 4.30. The van der Waals surface area contributed by atoms with Crippen molar-refractivity contribution in [1.82, 2.24) is 10.2 Å².